The number of halogens is 1. The van der Waals surface area contributed by atoms with E-state index in [-0.39, 0.29) is 0 Å². The van der Waals surface area contributed by atoms with Gasteiger partial charge < -0.3 is 4.90 Å². The Bertz CT molecular complexity index is 561. The van der Waals surface area contributed by atoms with Gasteiger partial charge in [0, 0.05) is 37.1 Å². The Hall–Kier alpha value is -1.68. The first kappa shape index (κ1) is 13.3. The van der Waals surface area contributed by atoms with Gasteiger partial charge in [-0.1, -0.05) is 6.07 Å². The van der Waals surface area contributed by atoms with Crippen molar-refractivity contribution >= 4 is 17.4 Å². The molecule has 3 rings (SSSR count). The summed E-state index contributed by atoms with van der Waals surface area (Å²) in [4.78, 5) is 15.1. The molecule has 0 amide bonds. The molecule has 4 nitrogen and oxygen atoms in total. The van der Waals surface area contributed by atoms with Crippen molar-refractivity contribution in [1.29, 1.82) is 0 Å². The maximum absolute atomic E-state index is 5.91. The zero-order valence-corrected chi connectivity index (χ0v) is 12.0. The molecule has 1 atom stereocenters. The number of aromatic nitrogens is 3. The summed E-state index contributed by atoms with van der Waals surface area (Å²) >= 11 is 5.91. The second-order valence-corrected chi connectivity index (χ2v) is 5.39. The van der Waals surface area contributed by atoms with Crippen LogP contribution in [0, 0.1) is 0 Å². The predicted molar refractivity (Wildman–Crippen MR) is 80.0 cm³/mol. The summed E-state index contributed by atoms with van der Waals surface area (Å²) in [6.45, 7) is 1.02. The van der Waals surface area contributed by atoms with E-state index in [1.54, 1.807) is 6.20 Å². The molecule has 0 bridgehead atoms. The Morgan fingerprint density at radius 2 is 2.10 bits per heavy atom. The van der Waals surface area contributed by atoms with E-state index >= 15 is 0 Å². The molecule has 0 N–H and O–H groups in total. The van der Waals surface area contributed by atoms with Gasteiger partial charge in [0.25, 0.3) is 0 Å². The van der Waals surface area contributed by atoms with Crippen LogP contribution in [0.2, 0.25) is 5.28 Å². The minimum atomic E-state index is 0.310. The fourth-order valence-corrected chi connectivity index (χ4v) is 2.90. The third-order valence-corrected chi connectivity index (χ3v) is 3.89. The highest BCUT2D eigenvalue weighted by atomic mass is 35.5. The lowest BCUT2D eigenvalue weighted by atomic mass is 9.97. The van der Waals surface area contributed by atoms with Gasteiger partial charge in [0.2, 0.25) is 5.28 Å². The SMILES string of the molecule is Clc1nccc(N2CCCC[C@H]2Cc2ccccn2)n1. The molecular formula is C15H17ClN4. The first-order chi connectivity index (χ1) is 9.83. The van der Waals surface area contributed by atoms with Gasteiger partial charge in [-0.15, -0.1) is 0 Å². The van der Waals surface area contributed by atoms with Crippen molar-refractivity contribution in [3.8, 4) is 0 Å². The topological polar surface area (TPSA) is 41.9 Å². The Balaban J connectivity index is 1.80. The van der Waals surface area contributed by atoms with Gasteiger partial charge in [0.05, 0.1) is 0 Å². The zero-order chi connectivity index (χ0) is 13.8. The van der Waals surface area contributed by atoms with E-state index in [1.807, 2.05) is 24.4 Å². The number of piperidine rings is 1. The molecule has 104 valence electrons. The molecule has 20 heavy (non-hydrogen) atoms. The summed E-state index contributed by atoms with van der Waals surface area (Å²) < 4.78 is 0. The van der Waals surface area contributed by atoms with Gasteiger partial charge in [-0.05, 0) is 49.1 Å². The molecule has 1 fully saturated rings. The number of pyridine rings is 1. The van der Waals surface area contributed by atoms with Crippen LogP contribution < -0.4 is 4.90 Å². The maximum atomic E-state index is 5.91. The van der Waals surface area contributed by atoms with E-state index in [0.717, 1.165) is 30.9 Å². The van der Waals surface area contributed by atoms with E-state index in [0.29, 0.717) is 11.3 Å². The Morgan fingerprint density at radius 3 is 2.90 bits per heavy atom. The normalized spacial score (nSPS) is 19.1. The lowest BCUT2D eigenvalue weighted by Gasteiger charge is -2.36. The second-order valence-electron chi connectivity index (χ2n) is 5.05. The molecule has 0 radical (unpaired) electrons. The third-order valence-electron chi connectivity index (χ3n) is 3.70. The Morgan fingerprint density at radius 1 is 1.15 bits per heavy atom. The van der Waals surface area contributed by atoms with Gasteiger partial charge in [0.1, 0.15) is 5.82 Å². The van der Waals surface area contributed by atoms with Gasteiger partial charge >= 0.3 is 0 Å². The molecule has 0 spiro atoms. The molecule has 1 saturated heterocycles. The summed E-state index contributed by atoms with van der Waals surface area (Å²) in [6, 6.07) is 8.44. The molecule has 0 unspecified atom stereocenters. The van der Waals surface area contributed by atoms with Gasteiger partial charge in [-0.25, -0.2) is 9.97 Å². The van der Waals surface area contributed by atoms with Crippen molar-refractivity contribution in [1.82, 2.24) is 15.0 Å². The van der Waals surface area contributed by atoms with Crippen molar-refractivity contribution in [2.24, 2.45) is 0 Å². The lowest BCUT2D eigenvalue weighted by molar-refractivity contribution is 0.451. The molecule has 1 aliphatic heterocycles. The first-order valence-electron chi connectivity index (χ1n) is 6.98. The molecule has 3 heterocycles. The number of rotatable bonds is 3. The van der Waals surface area contributed by atoms with Crippen LogP contribution in [-0.4, -0.2) is 27.5 Å². The van der Waals surface area contributed by atoms with Crippen LogP contribution in [0.3, 0.4) is 0 Å². The van der Waals surface area contributed by atoms with E-state index in [2.05, 4.69) is 25.9 Å². The molecule has 0 aromatic carbocycles. The Kier molecular flexibility index (Phi) is 4.11. The molecule has 2 aromatic rings. The second kappa shape index (κ2) is 6.18. The van der Waals surface area contributed by atoms with Crippen LogP contribution in [-0.2, 0) is 6.42 Å². The van der Waals surface area contributed by atoms with E-state index < -0.39 is 0 Å². The minimum Gasteiger partial charge on any atom is -0.353 e. The van der Waals surface area contributed by atoms with Gasteiger partial charge in [-0.2, -0.15) is 0 Å². The average molecular weight is 289 g/mol. The zero-order valence-electron chi connectivity index (χ0n) is 11.2. The molecular weight excluding hydrogens is 272 g/mol. The van der Waals surface area contributed by atoms with E-state index in [1.165, 1.54) is 12.8 Å². The Labute approximate surface area is 123 Å². The van der Waals surface area contributed by atoms with Crippen molar-refractivity contribution < 1.29 is 0 Å². The molecule has 0 aliphatic carbocycles. The van der Waals surface area contributed by atoms with Crippen LogP contribution in [0.25, 0.3) is 0 Å². The maximum Gasteiger partial charge on any atom is 0.224 e. The monoisotopic (exact) mass is 288 g/mol. The molecule has 5 heteroatoms. The number of nitrogens with zero attached hydrogens (tertiary/aromatic N) is 4. The molecule has 1 aliphatic rings. The van der Waals surface area contributed by atoms with Crippen molar-refractivity contribution in [2.45, 2.75) is 31.7 Å². The quantitative estimate of drug-likeness (QED) is 0.814. The average Bonchev–Trinajstić information content (AvgIpc) is 2.49. The fourth-order valence-electron chi connectivity index (χ4n) is 2.76. The van der Waals surface area contributed by atoms with Crippen molar-refractivity contribution in [3.05, 3.63) is 47.6 Å². The van der Waals surface area contributed by atoms with E-state index in [4.69, 9.17) is 11.6 Å². The standard InChI is InChI=1S/C15H17ClN4/c16-15-18-9-7-14(19-15)20-10-4-2-6-13(20)11-12-5-1-3-8-17-12/h1,3,5,7-9,13H,2,4,6,10-11H2/t13-/m0/s1. The van der Waals surface area contributed by atoms with Crippen LogP contribution in [0.5, 0.6) is 0 Å². The molecule has 0 saturated carbocycles. The highest BCUT2D eigenvalue weighted by Gasteiger charge is 2.24. The van der Waals surface area contributed by atoms with Crippen LogP contribution in [0.15, 0.2) is 36.7 Å². The minimum absolute atomic E-state index is 0.310. The summed E-state index contributed by atoms with van der Waals surface area (Å²) in [6.07, 6.45) is 8.13. The number of anilines is 1. The van der Waals surface area contributed by atoms with Gasteiger partial charge in [0.15, 0.2) is 0 Å². The highest BCUT2D eigenvalue weighted by Crippen LogP contribution is 2.25. The van der Waals surface area contributed by atoms with Crippen LogP contribution in [0.4, 0.5) is 5.82 Å². The van der Waals surface area contributed by atoms with E-state index in [9.17, 15) is 0 Å². The molecule has 2 aromatic heterocycles. The summed E-state index contributed by atoms with van der Waals surface area (Å²) in [5, 5.41) is 0.310. The van der Waals surface area contributed by atoms with Crippen LogP contribution >= 0.6 is 11.6 Å². The predicted octanol–water partition coefficient (Wildman–Crippen LogP) is 3.13. The largest absolute Gasteiger partial charge is 0.353 e. The lowest BCUT2D eigenvalue weighted by Crippen LogP contribution is -2.41. The van der Waals surface area contributed by atoms with Gasteiger partial charge in [-0.3, -0.25) is 4.98 Å². The van der Waals surface area contributed by atoms with Crippen molar-refractivity contribution in [2.75, 3.05) is 11.4 Å². The number of hydrogen-bond acceptors (Lipinski definition) is 4. The smallest absolute Gasteiger partial charge is 0.224 e. The first-order valence-corrected chi connectivity index (χ1v) is 7.36. The number of hydrogen-bond donors (Lipinski definition) is 0. The highest BCUT2D eigenvalue weighted by molar-refractivity contribution is 6.28. The summed E-state index contributed by atoms with van der Waals surface area (Å²) in [5.74, 6) is 0.922. The fraction of sp³-hybridized carbons (Fsp3) is 0.400. The third kappa shape index (κ3) is 3.07. The van der Waals surface area contributed by atoms with Crippen LogP contribution in [0.1, 0.15) is 25.0 Å². The summed E-state index contributed by atoms with van der Waals surface area (Å²) in [5.41, 5.74) is 1.13. The summed E-state index contributed by atoms with van der Waals surface area (Å²) in [7, 11) is 0. The van der Waals surface area contributed by atoms with Crippen molar-refractivity contribution in [3.63, 3.8) is 0 Å².